The summed E-state index contributed by atoms with van der Waals surface area (Å²) in [5.41, 5.74) is 20.7. The Labute approximate surface area is 452 Å². The first-order valence-electron chi connectivity index (χ1n) is 28.3. The molecule has 4 aliphatic rings. The summed E-state index contributed by atoms with van der Waals surface area (Å²) in [4.78, 5) is 4.78. The lowest BCUT2D eigenvalue weighted by Crippen LogP contribution is -2.22. The molecule has 10 rings (SSSR count). The average Bonchev–Trinajstić information content (AvgIpc) is 3.47. The van der Waals surface area contributed by atoms with E-state index in [2.05, 4.69) is 161 Å². The molecule has 4 unspecified atom stereocenters. The number of rotatable bonds is 19. The van der Waals surface area contributed by atoms with E-state index in [4.69, 9.17) is 37.9 Å². The smallest absolute Gasteiger partial charge is 0.158 e. The summed E-state index contributed by atoms with van der Waals surface area (Å²) >= 11 is 0. The third-order valence-electron chi connectivity index (χ3n) is 15.8. The van der Waals surface area contributed by atoms with E-state index in [0.29, 0.717) is 26.4 Å². The summed E-state index contributed by atoms with van der Waals surface area (Å²) in [6.07, 6.45) is 12.2. The van der Waals surface area contributed by atoms with Crippen molar-refractivity contribution in [1.29, 1.82) is 0 Å². The molecule has 4 aliphatic heterocycles. The minimum Gasteiger partial charge on any atom is -0.353 e. The van der Waals surface area contributed by atoms with Gasteiger partial charge >= 0.3 is 0 Å². The zero-order valence-corrected chi connectivity index (χ0v) is 46.0. The SMILES string of the molecule is Cc1cc(N(c2ccc(COC3CCCCO3)c(C)c2)c2ccc(-c3ccc(N(c4ccc(COC5CCCCO5)c(C)c4)c4ccc(COC5CCCCO5)c(C)c4)c(C)c3)cc2C)ccc1COC1CCCCO1. The summed E-state index contributed by atoms with van der Waals surface area (Å²) < 4.78 is 48.6. The highest BCUT2D eigenvalue weighted by molar-refractivity contribution is 5.84. The highest BCUT2D eigenvalue weighted by Gasteiger charge is 2.23. The lowest BCUT2D eigenvalue weighted by atomic mass is 9.97. The summed E-state index contributed by atoms with van der Waals surface area (Å²) in [7, 11) is 0. The van der Waals surface area contributed by atoms with Crippen molar-refractivity contribution < 1.29 is 37.9 Å². The van der Waals surface area contributed by atoms with Crippen molar-refractivity contribution in [2.45, 2.75) is 170 Å². The van der Waals surface area contributed by atoms with Gasteiger partial charge in [-0.05, 0) is 258 Å². The second kappa shape index (κ2) is 25.8. The number of aryl methyl sites for hydroxylation is 6. The van der Waals surface area contributed by atoms with E-state index in [9.17, 15) is 0 Å². The van der Waals surface area contributed by atoms with Crippen LogP contribution < -0.4 is 9.80 Å². The maximum atomic E-state index is 6.26. The molecule has 10 heteroatoms. The number of nitrogens with zero attached hydrogens (tertiary/aromatic N) is 2. The maximum Gasteiger partial charge on any atom is 0.158 e. The van der Waals surface area contributed by atoms with Crippen LogP contribution in [0.4, 0.5) is 34.1 Å². The maximum absolute atomic E-state index is 6.26. The number of benzene rings is 6. The van der Waals surface area contributed by atoms with Crippen molar-refractivity contribution in [1.82, 2.24) is 0 Å². The van der Waals surface area contributed by atoms with Gasteiger partial charge in [0.15, 0.2) is 25.2 Å². The van der Waals surface area contributed by atoms with E-state index in [-0.39, 0.29) is 25.2 Å². The Hall–Kier alpha value is -5.40. The zero-order chi connectivity index (χ0) is 52.4. The fraction of sp³-hybridized carbons (Fsp3) is 0.455. The molecule has 4 saturated heterocycles. The Kier molecular flexibility index (Phi) is 18.3. The van der Waals surface area contributed by atoms with Crippen molar-refractivity contribution in [3.63, 3.8) is 0 Å². The molecule has 4 heterocycles. The second-order valence-electron chi connectivity index (χ2n) is 21.5. The van der Waals surface area contributed by atoms with Gasteiger partial charge in [0.05, 0.1) is 26.4 Å². The molecule has 0 radical (unpaired) electrons. The fourth-order valence-corrected chi connectivity index (χ4v) is 11.1. The molecule has 0 aliphatic carbocycles. The van der Waals surface area contributed by atoms with Crippen molar-refractivity contribution in [2.75, 3.05) is 36.2 Å². The van der Waals surface area contributed by atoms with E-state index in [1.165, 1.54) is 55.6 Å². The molecular weight excluding hydrogens is 949 g/mol. The predicted octanol–water partition coefficient (Wildman–Crippen LogP) is 16.3. The van der Waals surface area contributed by atoms with Crippen molar-refractivity contribution in [3.8, 4) is 11.1 Å². The zero-order valence-electron chi connectivity index (χ0n) is 46.0. The highest BCUT2D eigenvalue weighted by Crippen LogP contribution is 2.43. The molecule has 76 heavy (non-hydrogen) atoms. The standard InChI is InChI=1S/C66H80N2O8/c1-45-37-57(25-19-53(45)41-73-63-15-7-11-31-69-63)67(58-26-20-54(46(2)38-58)42-74-64-16-8-12-32-70-64)61-29-23-51(35-49(61)5)52-24-30-62(50(6)36-52)68(59-27-21-55(47(3)39-59)43-75-65-17-9-13-33-71-65)60-28-22-56(48(4)40-60)44-76-66-18-10-14-34-72-66/h19-30,35-40,63-66H,7-18,31-34,41-44H2,1-6H3. The van der Waals surface area contributed by atoms with Gasteiger partial charge in [-0.1, -0.05) is 36.4 Å². The average molecular weight is 1030 g/mol. The summed E-state index contributed by atoms with van der Waals surface area (Å²) in [5, 5.41) is 0. The summed E-state index contributed by atoms with van der Waals surface area (Å²) in [6, 6.07) is 40.7. The van der Waals surface area contributed by atoms with Gasteiger partial charge < -0.3 is 47.7 Å². The molecule has 6 aromatic carbocycles. The van der Waals surface area contributed by atoms with Crippen LogP contribution >= 0.6 is 0 Å². The first-order valence-corrected chi connectivity index (χ1v) is 28.3. The van der Waals surface area contributed by atoms with Crippen LogP contribution in [0.1, 0.15) is 133 Å². The first kappa shape index (κ1) is 54.0. The molecule has 0 bridgehead atoms. The van der Waals surface area contributed by atoms with Crippen molar-refractivity contribution in [3.05, 3.63) is 165 Å². The van der Waals surface area contributed by atoms with Crippen molar-refractivity contribution >= 4 is 34.1 Å². The van der Waals surface area contributed by atoms with Gasteiger partial charge in [0.25, 0.3) is 0 Å². The third-order valence-corrected chi connectivity index (χ3v) is 15.8. The van der Waals surface area contributed by atoms with Crippen LogP contribution in [0.15, 0.2) is 109 Å². The van der Waals surface area contributed by atoms with Gasteiger partial charge in [0, 0.05) is 60.6 Å². The fourth-order valence-electron chi connectivity index (χ4n) is 11.1. The van der Waals surface area contributed by atoms with Gasteiger partial charge in [-0.2, -0.15) is 0 Å². The molecule has 10 nitrogen and oxygen atoms in total. The number of anilines is 6. The molecule has 4 fully saturated rings. The van der Waals surface area contributed by atoms with Crippen LogP contribution in [-0.2, 0) is 64.3 Å². The molecule has 6 aromatic rings. The number of ether oxygens (including phenoxy) is 8. The van der Waals surface area contributed by atoms with Crippen LogP contribution in [0.2, 0.25) is 0 Å². The van der Waals surface area contributed by atoms with E-state index in [1.807, 2.05) is 0 Å². The van der Waals surface area contributed by atoms with Crippen LogP contribution in [0.3, 0.4) is 0 Å². The molecule has 0 saturated carbocycles. The van der Waals surface area contributed by atoms with Crippen LogP contribution in [0.25, 0.3) is 11.1 Å². The van der Waals surface area contributed by atoms with Gasteiger partial charge in [-0.3, -0.25) is 0 Å². The molecule has 0 aromatic heterocycles. The predicted molar refractivity (Wildman–Crippen MR) is 303 cm³/mol. The largest absolute Gasteiger partial charge is 0.353 e. The van der Waals surface area contributed by atoms with Crippen molar-refractivity contribution in [2.24, 2.45) is 0 Å². The molecule has 402 valence electrons. The topological polar surface area (TPSA) is 80.3 Å². The third kappa shape index (κ3) is 13.5. The monoisotopic (exact) mass is 1030 g/mol. The normalized spacial score (nSPS) is 20.1. The van der Waals surface area contributed by atoms with E-state index >= 15 is 0 Å². The van der Waals surface area contributed by atoms with E-state index in [0.717, 1.165) is 149 Å². The molecular formula is C66H80N2O8. The summed E-state index contributed by atoms with van der Waals surface area (Å²) in [5.74, 6) is 0. The van der Waals surface area contributed by atoms with Gasteiger partial charge in [-0.25, -0.2) is 0 Å². The van der Waals surface area contributed by atoms with E-state index in [1.54, 1.807) is 0 Å². The van der Waals surface area contributed by atoms with Crippen LogP contribution in [-0.4, -0.2) is 51.6 Å². The summed E-state index contributed by atoms with van der Waals surface area (Å²) in [6.45, 7) is 18.4. The minimum atomic E-state index is -0.136. The van der Waals surface area contributed by atoms with E-state index < -0.39 is 0 Å². The Balaban J connectivity index is 0.942. The number of hydrogen-bond acceptors (Lipinski definition) is 10. The number of hydrogen-bond donors (Lipinski definition) is 0. The molecule has 0 spiro atoms. The van der Waals surface area contributed by atoms with Gasteiger partial charge in [0.1, 0.15) is 0 Å². The van der Waals surface area contributed by atoms with Crippen LogP contribution in [0.5, 0.6) is 0 Å². The Morgan fingerprint density at radius 1 is 0.329 bits per heavy atom. The molecule has 4 atom stereocenters. The molecule has 0 N–H and O–H groups in total. The quantitative estimate of drug-likeness (QED) is 0.0782. The molecule has 0 amide bonds. The first-order chi connectivity index (χ1) is 37.1. The second-order valence-corrected chi connectivity index (χ2v) is 21.5. The minimum absolute atomic E-state index is 0.136. The highest BCUT2D eigenvalue weighted by atomic mass is 16.7. The van der Waals surface area contributed by atoms with Gasteiger partial charge in [-0.15, -0.1) is 0 Å². The Morgan fingerprint density at radius 2 is 0.605 bits per heavy atom. The Bertz CT molecular complexity index is 2540. The van der Waals surface area contributed by atoms with Crippen LogP contribution in [0, 0.1) is 41.5 Å². The lowest BCUT2D eigenvalue weighted by molar-refractivity contribution is -0.169. The Morgan fingerprint density at radius 3 is 0.829 bits per heavy atom. The van der Waals surface area contributed by atoms with Gasteiger partial charge in [0.2, 0.25) is 0 Å². The lowest BCUT2D eigenvalue weighted by Gasteiger charge is -2.30.